The third kappa shape index (κ3) is 5.06. The lowest BCUT2D eigenvalue weighted by Crippen LogP contribution is -2.14. The lowest BCUT2D eigenvalue weighted by atomic mass is 9.77. The molecule has 1 heterocycles. The molecule has 0 radical (unpaired) electrons. The first-order valence-corrected chi connectivity index (χ1v) is 13.5. The maximum atomic E-state index is 13.3. The summed E-state index contributed by atoms with van der Waals surface area (Å²) in [6.07, 6.45) is 7.53. The van der Waals surface area contributed by atoms with Crippen LogP contribution < -0.4 is 5.32 Å². The highest BCUT2D eigenvalue weighted by Gasteiger charge is 2.21. The number of amides is 1. The number of anilines is 1. The standard InChI is InChI=1S/C33H36N2O/c1-4-23-10-12-25(13-11-23)26-14-16-27(17-15-26)28-18-19-29-30(20-22(3)34-32(29)21-28)33(36)35-31-9-7-6-8-24(31)5-2/h6-9,14-21,23,25H,4-5,10-13H2,1-3H3,(H,35,36). The first kappa shape index (κ1) is 24.2. The minimum Gasteiger partial charge on any atom is -0.322 e. The lowest BCUT2D eigenvalue weighted by Gasteiger charge is -2.28. The van der Waals surface area contributed by atoms with Gasteiger partial charge >= 0.3 is 0 Å². The largest absolute Gasteiger partial charge is 0.322 e. The van der Waals surface area contributed by atoms with Crippen molar-refractivity contribution < 1.29 is 4.79 Å². The third-order valence-electron chi connectivity index (χ3n) is 7.97. The smallest absolute Gasteiger partial charge is 0.256 e. The molecule has 184 valence electrons. The number of carbonyl (C=O) groups excluding carboxylic acids is 1. The number of aromatic nitrogens is 1. The molecule has 1 amide bonds. The summed E-state index contributed by atoms with van der Waals surface area (Å²) in [5, 5.41) is 4.00. The Bertz CT molecular complexity index is 1360. The first-order valence-electron chi connectivity index (χ1n) is 13.5. The van der Waals surface area contributed by atoms with E-state index in [9.17, 15) is 4.79 Å². The molecule has 0 atom stereocenters. The van der Waals surface area contributed by atoms with Gasteiger partial charge in [0.1, 0.15) is 0 Å². The zero-order chi connectivity index (χ0) is 25.1. The van der Waals surface area contributed by atoms with Crippen molar-refractivity contribution in [1.29, 1.82) is 0 Å². The normalized spacial score (nSPS) is 17.8. The van der Waals surface area contributed by atoms with Crippen molar-refractivity contribution in [2.75, 3.05) is 5.32 Å². The number of aryl methyl sites for hydroxylation is 2. The van der Waals surface area contributed by atoms with E-state index in [4.69, 9.17) is 4.98 Å². The predicted octanol–water partition coefficient (Wildman–Crippen LogP) is 8.71. The average Bonchev–Trinajstić information content (AvgIpc) is 2.92. The van der Waals surface area contributed by atoms with Gasteiger partial charge in [-0.25, -0.2) is 0 Å². The van der Waals surface area contributed by atoms with Crippen LogP contribution in [0.5, 0.6) is 0 Å². The van der Waals surface area contributed by atoms with E-state index >= 15 is 0 Å². The average molecular weight is 477 g/mol. The summed E-state index contributed by atoms with van der Waals surface area (Å²) in [6.45, 7) is 6.37. The van der Waals surface area contributed by atoms with E-state index in [2.05, 4.69) is 61.6 Å². The number of hydrogen-bond donors (Lipinski definition) is 1. The van der Waals surface area contributed by atoms with E-state index in [0.717, 1.165) is 45.7 Å². The molecule has 0 aliphatic heterocycles. The van der Waals surface area contributed by atoms with Gasteiger partial charge < -0.3 is 5.32 Å². The highest BCUT2D eigenvalue weighted by molar-refractivity contribution is 6.13. The Kier molecular flexibility index (Phi) is 7.18. The Hall–Kier alpha value is -3.46. The Morgan fingerprint density at radius 1 is 0.889 bits per heavy atom. The summed E-state index contributed by atoms with van der Waals surface area (Å²) in [5.74, 6) is 1.52. The molecule has 4 aromatic rings. The van der Waals surface area contributed by atoms with E-state index in [1.807, 2.05) is 37.3 Å². The summed E-state index contributed by atoms with van der Waals surface area (Å²) in [4.78, 5) is 18.1. The van der Waals surface area contributed by atoms with E-state index < -0.39 is 0 Å². The summed E-state index contributed by atoms with van der Waals surface area (Å²) >= 11 is 0. The van der Waals surface area contributed by atoms with Gasteiger partial charge in [-0.15, -0.1) is 0 Å². The number of rotatable bonds is 6. The van der Waals surface area contributed by atoms with Crippen LogP contribution in [0.15, 0.2) is 72.8 Å². The number of nitrogens with zero attached hydrogens (tertiary/aromatic N) is 1. The second kappa shape index (κ2) is 10.7. The maximum Gasteiger partial charge on any atom is 0.256 e. The third-order valence-corrected chi connectivity index (χ3v) is 7.97. The molecule has 1 aromatic heterocycles. The summed E-state index contributed by atoms with van der Waals surface area (Å²) < 4.78 is 0. The van der Waals surface area contributed by atoms with Crippen LogP contribution in [0.3, 0.4) is 0 Å². The van der Waals surface area contributed by atoms with Gasteiger partial charge in [0.15, 0.2) is 0 Å². The molecule has 3 aromatic carbocycles. The van der Waals surface area contributed by atoms with Crippen LogP contribution in [-0.2, 0) is 6.42 Å². The Balaban J connectivity index is 1.40. The van der Waals surface area contributed by atoms with Crippen molar-refractivity contribution in [3.63, 3.8) is 0 Å². The molecule has 1 N–H and O–H groups in total. The monoisotopic (exact) mass is 476 g/mol. The van der Waals surface area contributed by atoms with Gasteiger partial charge in [-0.2, -0.15) is 0 Å². The van der Waals surface area contributed by atoms with Gasteiger partial charge in [-0.05, 0) is 91.3 Å². The Morgan fingerprint density at radius 2 is 1.61 bits per heavy atom. The fourth-order valence-electron chi connectivity index (χ4n) is 5.72. The van der Waals surface area contributed by atoms with Gasteiger partial charge in [-0.1, -0.05) is 74.9 Å². The Morgan fingerprint density at radius 3 is 2.33 bits per heavy atom. The van der Waals surface area contributed by atoms with E-state index in [1.54, 1.807) is 0 Å². The molecular weight excluding hydrogens is 440 g/mol. The Labute approximate surface area is 215 Å². The summed E-state index contributed by atoms with van der Waals surface area (Å²) in [5.41, 5.74) is 8.13. The van der Waals surface area contributed by atoms with Crippen LogP contribution in [-0.4, -0.2) is 10.9 Å². The van der Waals surface area contributed by atoms with E-state index in [0.29, 0.717) is 11.5 Å². The topological polar surface area (TPSA) is 42.0 Å². The van der Waals surface area contributed by atoms with Crippen molar-refractivity contribution >= 4 is 22.5 Å². The number of nitrogens with one attached hydrogen (secondary N) is 1. The van der Waals surface area contributed by atoms with Crippen LogP contribution >= 0.6 is 0 Å². The molecule has 1 saturated carbocycles. The van der Waals surface area contributed by atoms with Crippen molar-refractivity contribution in [1.82, 2.24) is 4.98 Å². The van der Waals surface area contributed by atoms with E-state index in [-0.39, 0.29) is 5.91 Å². The number of hydrogen-bond acceptors (Lipinski definition) is 2. The second-order valence-electron chi connectivity index (χ2n) is 10.3. The number of carbonyl (C=O) groups is 1. The minimum absolute atomic E-state index is 0.0960. The number of benzene rings is 3. The highest BCUT2D eigenvalue weighted by Crippen LogP contribution is 2.37. The predicted molar refractivity (Wildman–Crippen MR) is 151 cm³/mol. The molecule has 0 spiro atoms. The fourth-order valence-corrected chi connectivity index (χ4v) is 5.72. The number of fused-ring (bicyclic) bond motifs is 1. The van der Waals surface area contributed by atoms with Gasteiger partial charge in [0.25, 0.3) is 5.91 Å². The molecule has 3 heteroatoms. The number of pyridine rings is 1. The van der Waals surface area contributed by atoms with Crippen LogP contribution in [0.25, 0.3) is 22.0 Å². The molecule has 5 rings (SSSR count). The zero-order valence-corrected chi connectivity index (χ0v) is 21.7. The van der Waals surface area contributed by atoms with Crippen molar-refractivity contribution in [2.24, 2.45) is 5.92 Å². The van der Waals surface area contributed by atoms with Gasteiger partial charge in [0, 0.05) is 16.8 Å². The second-order valence-corrected chi connectivity index (χ2v) is 10.3. The number of para-hydroxylation sites is 1. The van der Waals surface area contributed by atoms with E-state index in [1.165, 1.54) is 43.2 Å². The van der Waals surface area contributed by atoms with Crippen LogP contribution in [0.2, 0.25) is 0 Å². The van der Waals surface area contributed by atoms with Crippen LogP contribution in [0.1, 0.15) is 79.0 Å². The molecule has 3 nitrogen and oxygen atoms in total. The van der Waals surface area contributed by atoms with Gasteiger partial charge in [0.2, 0.25) is 0 Å². The first-order chi connectivity index (χ1) is 17.6. The SMILES string of the molecule is CCc1ccccc1NC(=O)c1cc(C)nc2cc(-c3ccc(C4CCC(CC)CC4)cc3)ccc12. The van der Waals surface area contributed by atoms with Crippen LogP contribution in [0, 0.1) is 12.8 Å². The molecule has 1 fully saturated rings. The van der Waals surface area contributed by atoms with Crippen molar-refractivity contribution in [2.45, 2.75) is 65.2 Å². The minimum atomic E-state index is -0.0960. The maximum absolute atomic E-state index is 13.3. The summed E-state index contributed by atoms with van der Waals surface area (Å²) in [7, 11) is 0. The molecule has 0 saturated heterocycles. The zero-order valence-electron chi connectivity index (χ0n) is 21.7. The molecular formula is C33H36N2O. The van der Waals surface area contributed by atoms with Gasteiger partial charge in [-0.3, -0.25) is 9.78 Å². The lowest BCUT2D eigenvalue weighted by molar-refractivity contribution is 0.102. The molecule has 0 unspecified atom stereocenters. The van der Waals surface area contributed by atoms with Crippen LogP contribution in [0.4, 0.5) is 5.69 Å². The molecule has 1 aliphatic rings. The van der Waals surface area contributed by atoms with Crippen molar-refractivity contribution in [3.8, 4) is 11.1 Å². The quantitative estimate of drug-likeness (QED) is 0.302. The van der Waals surface area contributed by atoms with Crippen molar-refractivity contribution in [3.05, 3.63) is 95.2 Å². The molecule has 1 aliphatic carbocycles. The highest BCUT2D eigenvalue weighted by atomic mass is 16.1. The van der Waals surface area contributed by atoms with Gasteiger partial charge in [0.05, 0.1) is 11.1 Å². The fraction of sp³-hybridized carbons (Fsp3) is 0.333. The molecule has 0 bridgehead atoms. The summed E-state index contributed by atoms with van der Waals surface area (Å²) in [6, 6.07) is 25.2. The molecule has 36 heavy (non-hydrogen) atoms.